The van der Waals surface area contributed by atoms with Crippen LogP contribution in [0, 0.1) is 30.1 Å². The van der Waals surface area contributed by atoms with Crippen molar-refractivity contribution in [3.63, 3.8) is 0 Å². The molecule has 1 aliphatic carbocycles. The Morgan fingerprint density at radius 1 is 1.39 bits per heavy atom. The number of nitrogens with zero attached hydrogens (tertiary/aromatic N) is 2. The Balaban J connectivity index is 2.14. The highest BCUT2D eigenvalue weighted by Crippen LogP contribution is 2.34. The van der Waals surface area contributed by atoms with Crippen LogP contribution in [0.5, 0.6) is 0 Å². The summed E-state index contributed by atoms with van der Waals surface area (Å²) in [6, 6.07) is 2.77. The molecule has 2 unspecified atom stereocenters. The fourth-order valence-corrected chi connectivity index (χ4v) is 3.71. The zero-order valence-corrected chi connectivity index (χ0v) is 12.2. The van der Waals surface area contributed by atoms with E-state index in [0.717, 1.165) is 16.3 Å². The van der Waals surface area contributed by atoms with Crippen LogP contribution >= 0.6 is 11.5 Å². The summed E-state index contributed by atoms with van der Waals surface area (Å²) in [4.78, 5) is 0. The molecule has 4 heteroatoms. The van der Waals surface area contributed by atoms with E-state index < -0.39 is 0 Å². The number of nitriles is 1. The van der Waals surface area contributed by atoms with Crippen molar-refractivity contribution in [1.29, 1.82) is 5.26 Å². The molecule has 1 saturated carbocycles. The van der Waals surface area contributed by atoms with Gasteiger partial charge in [-0.15, -0.1) is 0 Å². The maximum atomic E-state index is 9.17. The van der Waals surface area contributed by atoms with E-state index in [1.165, 1.54) is 37.2 Å². The average Bonchev–Trinajstić information content (AvgIpc) is 2.70. The van der Waals surface area contributed by atoms with E-state index in [9.17, 15) is 0 Å². The molecule has 18 heavy (non-hydrogen) atoms. The topological polar surface area (TPSA) is 48.7 Å². The van der Waals surface area contributed by atoms with Crippen LogP contribution in [0.3, 0.4) is 0 Å². The lowest BCUT2D eigenvalue weighted by Gasteiger charge is -2.35. The van der Waals surface area contributed by atoms with Crippen LogP contribution in [0.2, 0.25) is 0 Å². The van der Waals surface area contributed by atoms with Gasteiger partial charge in [0, 0.05) is 6.04 Å². The van der Waals surface area contributed by atoms with Crippen LogP contribution in [-0.4, -0.2) is 10.4 Å². The van der Waals surface area contributed by atoms with E-state index in [1.54, 1.807) is 0 Å². The zero-order chi connectivity index (χ0) is 13.1. The third kappa shape index (κ3) is 2.67. The van der Waals surface area contributed by atoms with Gasteiger partial charge < -0.3 is 5.32 Å². The number of nitrogens with one attached hydrogen (secondary N) is 1. The second kappa shape index (κ2) is 5.71. The zero-order valence-electron chi connectivity index (χ0n) is 11.4. The maximum Gasteiger partial charge on any atom is 0.127 e. The van der Waals surface area contributed by atoms with Gasteiger partial charge in [-0.2, -0.15) is 9.64 Å². The fourth-order valence-electron chi connectivity index (χ4n) is 2.90. The predicted octanol–water partition coefficient (Wildman–Crippen LogP) is 3.95. The molecular weight excluding hydrogens is 242 g/mol. The first-order valence-corrected chi connectivity index (χ1v) is 7.53. The van der Waals surface area contributed by atoms with Crippen LogP contribution in [-0.2, 0) is 0 Å². The van der Waals surface area contributed by atoms with Gasteiger partial charge in [-0.25, -0.2) is 0 Å². The van der Waals surface area contributed by atoms with Gasteiger partial charge in [-0.3, -0.25) is 0 Å². The Hall–Kier alpha value is -1.08. The molecule has 1 N–H and O–H groups in total. The summed E-state index contributed by atoms with van der Waals surface area (Å²) in [5.41, 5.74) is 1.58. The van der Waals surface area contributed by atoms with Gasteiger partial charge in [0.15, 0.2) is 0 Å². The Bertz CT molecular complexity index is 444. The summed E-state index contributed by atoms with van der Waals surface area (Å²) < 4.78 is 4.28. The molecule has 2 atom stereocenters. The van der Waals surface area contributed by atoms with Crippen molar-refractivity contribution in [3.8, 4) is 6.07 Å². The van der Waals surface area contributed by atoms with Gasteiger partial charge in [-0.1, -0.05) is 26.7 Å². The molecule has 0 saturated heterocycles. The number of hydrogen-bond acceptors (Lipinski definition) is 4. The van der Waals surface area contributed by atoms with Crippen molar-refractivity contribution in [2.24, 2.45) is 11.8 Å². The highest BCUT2D eigenvalue weighted by molar-refractivity contribution is 7.10. The summed E-state index contributed by atoms with van der Waals surface area (Å²) in [7, 11) is 0. The standard InChI is InChI=1S/C14H21N3S/c1-9(2)11-6-4-5-7-13(11)16-14-12(8-15)10(3)17-18-14/h9,11,13,16H,4-7H2,1-3H3. The minimum absolute atomic E-state index is 0.505. The first-order valence-electron chi connectivity index (χ1n) is 6.76. The number of rotatable bonds is 3. The van der Waals surface area contributed by atoms with Crippen LogP contribution in [0.1, 0.15) is 50.8 Å². The Morgan fingerprint density at radius 2 is 2.11 bits per heavy atom. The van der Waals surface area contributed by atoms with Crippen molar-refractivity contribution in [2.45, 2.75) is 52.5 Å². The van der Waals surface area contributed by atoms with E-state index in [0.29, 0.717) is 17.9 Å². The summed E-state index contributed by atoms with van der Waals surface area (Å²) >= 11 is 1.42. The van der Waals surface area contributed by atoms with Gasteiger partial charge in [0.2, 0.25) is 0 Å². The molecular formula is C14H21N3S. The van der Waals surface area contributed by atoms with Crippen molar-refractivity contribution < 1.29 is 0 Å². The van der Waals surface area contributed by atoms with Gasteiger partial charge >= 0.3 is 0 Å². The molecule has 2 rings (SSSR count). The van der Waals surface area contributed by atoms with Crippen LogP contribution in [0.15, 0.2) is 0 Å². The minimum atomic E-state index is 0.505. The third-order valence-electron chi connectivity index (χ3n) is 3.97. The largest absolute Gasteiger partial charge is 0.372 e. The van der Waals surface area contributed by atoms with Crippen molar-refractivity contribution in [3.05, 3.63) is 11.3 Å². The van der Waals surface area contributed by atoms with Crippen molar-refractivity contribution >= 4 is 16.5 Å². The van der Waals surface area contributed by atoms with Crippen molar-refractivity contribution in [2.75, 3.05) is 5.32 Å². The first-order chi connectivity index (χ1) is 8.63. The second-order valence-electron chi connectivity index (χ2n) is 5.53. The summed E-state index contributed by atoms with van der Waals surface area (Å²) in [5, 5.41) is 13.7. The smallest absolute Gasteiger partial charge is 0.127 e. The van der Waals surface area contributed by atoms with Crippen molar-refractivity contribution in [1.82, 2.24) is 4.37 Å². The van der Waals surface area contributed by atoms with Gasteiger partial charge in [-0.05, 0) is 43.1 Å². The van der Waals surface area contributed by atoms with Crippen LogP contribution in [0.4, 0.5) is 5.00 Å². The van der Waals surface area contributed by atoms with Gasteiger partial charge in [0.05, 0.1) is 5.69 Å². The van der Waals surface area contributed by atoms with Crippen LogP contribution in [0.25, 0.3) is 0 Å². The molecule has 1 heterocycles. The fraction of sp³-hybridized carbons (Fsp3) is 0.714. The average molecular weight is 263 g/mol. The molecule has 0 aromatic carbocycles. The molecule has 98 valence electrons. The Labute approximate surface area is 113 Å². The normalized spacial score (nSPS) is 23.9. The minimum Gasteiger partial charge on any atom is -0.372 e. The summed E-state index contributed by atoms with van der Waals surface area (Å²) in [5.74, 6) is 1.41. The van der Waals surface area contributed by atoms with Gasteiger partial charge in [0.25, 0.3) is 0 Å². The predicted molar refractivity (Wildman–Crippen MR) is 75.8 cm³/mol. The molecule has 0 radical (unpaired) electrons. The number of anilines is 1. The van der Waals surface area contributed by atoms with Gasteiger partial charge in [0.1, 0.15) is 16.6 Å². The number of aryl methyl sites for hydroxylation is 1. The molecule has 1 fully saturated rings. The lowest BCUT2D eigenvalue weighted by molar-refractivity contribution is 0.254. The molecule has 1 aromatic heterocycles. The number of aromatic nitrogens is 1. The Kier molecular flexibility index (Phi) is 4.23. The third-order valence-corrected chi connectivity index (χ3v) is 4.84. The molecule has 3 nitrogen and oxygen atoms in total. The van der Waals surface area contributed by atoms with E-state index in [2.05, 4.69) is 29.6 Å². The monoisotopic (exact) mass is 263 g/mol. The summed E-state index contributed by atoms with van der Waals surface area (Å²) in [6.07, 6.45) is 5.15. The van der Waals surface area contributed by atoms with E-state index in [4.69, 9.17) is 5.26 Å². The number of hydrogen-bond donors (Lipinski definition) is 1. The molecule has 0 amide bonds. The van der Waals surface area contributed by atoms with E-state index in [1.807, 2.05) is 6.92 Å². The quantitative estimate of drug-likeness (QED) is 0.898. The molecule has 1 aliphatic rings. The second-order valence-corrected chi connectivity index (χ2v) is 6.30. The molecule has 0 spiro atoms. The lowest BCUT2D eigenvalue weighted by Crippen LogP contribution is -2.35. The lowest BCUT2D eigenvalue weighted by atomic mass is 9.78. The Morgan fingerprint density at radius 3 is 2.78 bits per heavy atom. The summed E-state index contributed by atoms with van der Waals surface area (Å²) in [6.45, 7) is 6.50. The molecule has 0 aliphatic heterocycles. The molecule has 0 bridgehead atoms. The highest BCUT2D eigenvalue weighted by Gasteiger charge is 2.28. The molecule has 1 aromatic rings. The maximum absolute atomic E-state index is 9.17. The first kappa shape index (κ1) is 13.4. The van der Waals surface area contributed by atoms with E-state index in [-0.39, 0.29) is 0 Å². The SMILES string of the molecule is Cc1nsc(NC2CCCCC2C(C)C)c1C#N. The van der Waals surface area contributed by atoms with Crippen LogP contribution < -0.4 is 5.32 Å². The highest BCUT2D eigenvalue weighted by atomic mass is 32.1. The van der Waals surface area contributed by atoms with E-state index >= 15 is 0 Å².